The molecule has 2 fully saturated rings. The summed E-state index contributed by atoms with van der Waals surface area (Å²) in [4.78, 5) is 4.51. The number of aryl methyl sites for hydroxylation is 1. The summed E-state index contributed by atoms with van der Waals surface area (Å²) >= 11 is 0. The number of hydrogen-bond acceptors (Lipinski definition) is 5. The predicted octanol–water partition coefficient (Wildman–Crippen LogP) is 1.77. The van der Waals surface area contributed by atoms with Gasteiger partial charge < -0.3 is 15.0 Å². The molecule has 1 aromatic heterocycles. The molecule has 0 amide bonds. The largest absolute Gasteiger partial charge is 0.374 e. The number of rotatable bonds is 5. The van der Waals surface area contributed by atoms with Crippen LogP contribution in [0.25, 0.3) is 0 Å². The van der Waals surface area contributed by atoms with Gasteiger partial charge >= 0.3 is 0 Å². The second kappa shape index (κ2) is 4.97. The first-order chi connectivity index (χ1) is 8.72. The van der Waals surface area contributed by atoms with Crippen molar-refractivity contribution in [3.8, 4) is 0 Å². The van der Waals surface area contributed by atoms with Crippen LogP contribution < -0.4 is 5.73 Å². The van der Waals surface area contributed by atoms with Crippen molar-refractivity contribution in [3.63, 3.8) is 0 Å². The lowest BCUT2D eigenvalue weighted by molar-refractivity contribution is 0.0996. The van der Waals surface area contributed by atoms with Crippen LogP contribution >= 0.6 is 0 Å². The number of fused-ring (bicyclic) bond motifs is 2. The summed E-state index contributed by atoms with van der Waals surface area (Å²) in [7, 11) is 0. The molecular formula is C13H21N3O2. The van der Waals surface area contributed by atoms with Gasteiger partial charge in [0.2, 0.25) is 5.89 Å². The van der Waals surface area contributed by atoms with E-state index in [1.807, 2.05) is 6.92 Å². The molecule has 4 atom stereocenters. The van der Waals surface area contributed by atoms with Crippen LogP contribution in [0.5, 0.6) is 0 Å². The molecule has 1 aromatic rings. The van der Waals surface area contributed by atoms with E-state index < -0.39 is 0 Å². The number of aromatic nitrogens is 2. The van der Waals surface area contributed by atoms with Gasteiger partial charge in [-0.25, -0.2) is 0 Å². The molecule has 5 heteroatoms. The van der Waals surface area contributed by atoms with Crippen molar-refractivity contribution >= 4 is 0 Å². The zero-order valence-corrected chi connectivity index (χ0v) is 10.8. The van der Waals surface area contributed by atoms with Crippen molar-refractivity contribution in [2.75, 3.05) is 0 Å². The molecule has 0 aliphatic carbocycles. The van der Waals surface area contributed by atoms with Crippen LogP contribution in [0, 0.1) is 0 Å². The van der Waals surface area contributed by atoms with Gasteiger partial charge in [0, 0.05) is 12.5 Å². The van der Waals surface area contributed by atoms with Crippen molar-refractivity contribution < 1.29 is 9.26 Å². The zero-order valence-electron chi connectivity index (χ0n) is 10.8. The van der Waals surface area contributed by atoms with E-state index in [4.69, 9.17) is 15.0 Å². The summed E-state index contributed by atoms with van der Waals surface area (Å²) in [5.41, 5.74) is 5.72. The smallest absolute Gasteiger partial charge is 0.226 e. The average Bonchev–Trinajstić information content (AvgIpc) is 3.03. The third-order valence-corrected chi connectivity index (χ3v) is 3.97. The second-order valence-electron chi connectivity index (χ2n) is 5.63. The number of ether oxygens (including phenoxy) is 1. The molecule has 2 aliphatic heterocycles. The first-order valence-electron chi connectivity index (χ1n) is 6.96. The molecule has 4 unspecified atom stereocenters. The molecule has 0 saturated carbocycles. The molecule has 3 heterocycles. The number of nitrogens with two attached hydrogens (primary N) is 1. The van der Waals surface area contributed by atoms with Gasteiger partial charge in [0.05, 0.1) is 18.1 Å². The first kappa shape index (κ1) is 12.1. The quantitative estimate of drug-likeness (QED) is 0.863. The molecule has 3 rings (SSSR count). The fraction of sp³-hybridized carbons (Fsp3) is 0.846. The normalized spacial score (nSPS) is 32.0. The van der Waals surface area contributed by atoms with Crippen molar-refractivity contribution in [2.24, 2.45) is 5.73 Å². The van der Waals surface area contributed by atoms with Gasteiger partial charge in [0.1, 0.15) is 0 Å². The maximum atomic E-state index is 5.82. The Bertz CT molecular complexity index is 405. The monoisotopic (exact) mass is 251 g/mol. The van der Waals surface area contributed by atoms with E-state index in [2.05, 4.69) is 10.1 Å². The predicted molar refractivity (Wildman–Crippen MR) is 66.1 cm³/mol. The Hall–Kier alpha value is -0.940. The Labute approximate surface area is 107 Å². The molecule has 18 heavy (non-hydrogen) atoms. The Morgan fingerprint density at radius 2 is 2.33 bits per heavy atom. The Morgan fingerprint density at radius 1 is 1.44 bits per heavy atom. The highest BCUT2D eigenvalue weighted by molar-refractivity contribution is 5.06. The molecule has 0 spiro atoms. The lowest BCUT2D eigenvalue weighted by Gasteiger charge is -2.13. The van der Waals surface area contributed by atoms with Crippen LogP contribution in [0.4, 0.5) is 0 Å². The van der Waals surface area contributed by atoms with Crippen LogP contribution in [0.3, 0.4) is 0 Å². The third kappa shape index (κ3) is 2.42. The van der Waals surface area contributed by atoms with Gasteiger partial charge in [-0.1, -0.05) is 5.16 Å². The van der Waals surface area contributed by atoms with E-state index in [0.29, 0.717) is 18.1 Å². The maximum Gasteiger partial charge on any atom is 0.226 e. The highest BCUT2D eigenvalue weighted by atomic mass is 16.5. The molecule has 2 N–H and O–H groups in total. The van der Waals surface area contributed by atoms with E-state index in [9.17, 15) is 0 Å². The number of nitrogens with zero attached hydrogens (tertiary/aromatic N) is 2. The summed E-state index contributed by atoms with van der Waals surface area (Å²) in [6, 6.07) is 0.242. The minimum atomic E-state index is 0.242. The molecule has 2 saturated heterocycles. The minimum Gasteiger partial charge on any atom is -0.374 e. The van der Waals surface area contributed by atoms with Gasteiger partial charge in [0.25, 0.3) is 0 Å². The Morgan fingerprint density at radius 3 is 3.00 bits per heavy atom. The van der Waals surface area contributed by atoms with E-state index in [1.54, 1.807) is 0 Å². The standard InChI is InChI=1S/C13H21N3O2/c1-8(14)3-2-4-12-15-13(16-18-12)10-7-9-5-6-11(10)17-9/h8-11H,2-7,14H2,1H3. The van der Waals surface area contributed by atoms with E-state index in [1.165, 1.54) is 6.42 Å². The van der Waals surface area contributed by atoms with E-state index in [-0.39, 0.29) is 6.04 Å². The van der Waals surface area contributed by atoms with Crippen molar-refractivity contribution in [1.29, 1.82) is 0 Å². The van der Waals surface area contributed by atoms with Crippen LogP contribution in [0.15, 0.2) is 4.52 Å². The second-order valence-corrected chi connectivity index (χ2v) is 5.63. The lowest BCUT2D eigenvalue weighted by atomic mass is 9.89. The minimum absolute atomic E-state index is 0.242. The van der Waals surface area contributed by atoms with Gasteiger partial charge in [-0.2, -0.15) is 4.98 Å². The summed E-state index contributed by atoms with van der Waals surface area (Å²) in [5.74, 6) is 1.95. The van der Waals surface area contributed by atoms with Crippen LogP contribution in [0.1, 0.15) is 56.7 Å². The SMILES string of the molecule is CC(N)CCCc1nc(C2CC3CCC2O3)no1. The summed E-state index contributed by atoms with van der Waals surface area (Å²) in [5, 5.41) is 4.12. The fourth-order valence-corrected chi connectivity index (χ4v) is 3.01. The van der Waals surface area contributed by atoms with Crippen molar-refractivity contribution in [3.05, 3.63) is 11.7 Å². The molecule has 2 bridgehead atoms. The third-order valence-electron chi connectivity index (χ3n) is 3.97. The van der Waals surface area contributed by atoms with E-state index in [0.717, 1.165) is 43.8 Å². The topological polar surface area (TPSA) is 74.2 Å². The van der Waals surface area contributed by atoms with E-state index >= 15 is 0 Å². The average molecular weight is 251 g/mol. The summed E-state index contributed by atoms with van der Waals surface area (Å²) in [6.45, 7) is 2.02. The lowest BCUT2D eigenvalue weighted by Crippen LogP contribution is -2.15. The van der Waals surface area contributed by atoms with Crippen molar-refractivity contribution in [1.82, 2.24) is 10.1 Å². The molecule has 2 aliphatic rings. The summed E-state index contributed by atoms with van der Waals surface area (Å²) < 4.78 is 11.1. The molecule has 0 aromatic carbocycles. The van der Waals surface area contributed by atoms with Gasteiger partial charge in [0.15, 0.2) is 5.82 Å². The zero-order chi connectivity index (χ0) is 12.5. The molecule has 5 nitrogen and oxygen atoms in total. The van der Waals surface area contributed by atoms with Crippen LogP contribution in [-0.4, -0.2) is 28.4 Å². The summed E-state index contributed by atoms with van der Waals surface area (Å²) in [6.07, 6.45) is 6.98. The fourth-order valence-electron chi connectivity index (χ4n) is 3.01. The Kier molecular flexibility index (Phi) is 3.35. The van der Waals surface area contributed by atoms with Gasteiger partial charge in [-0.15, -0.1) is 0 Å². The molecule has 0 radical (unpaired) electrons. The highest BCUT2D eigenvalue weighted by Gasteiger charge is 2.43. The number of hydrogen-bond donors (Lipinski definition) is 1. The maximum absolute atomic E-state index is 5.82. The first-order valence-corrected chi connectivity index (χ1v) is 6.96. The molecular weight excluding hydrogens is 230 g/mol. The van der Waals surface area contributed by atoms with Gasteiger partial charge in [-0.3, -0.25) is 0 Å². The van der Waals surface area contributed by atoms with Gasteiger partial charge in [-0.05, 0) is 39.0 Å². The van der Waals surface area contributed by atoms with Crippen LogP contribution in [0.2, 0.25) is 0 Å². The van der Waals surface area contributed by atoms with Crippen LogP contribution in [-0.2, 0) is 11.2 Å². The molecule has 100 valence electrons. The van der Waals surface area contributed by atoms with Crippen molar-refractivity contribution in [2.45, 2.75) is 69.6 Å². The Balaban J connectivity index is 1.56. The highest BCUT2D eigenvalue weighted by Crippen LogP contribution is 2.43.